The molecule has 0 atom stereocenters. The molecular formula is C21H14FN5O2S. The SMILES string of the molecule is Cc1nc(COc2ncccn2)sc1-c1ccnc(-c2cc(F)c(O)c(C#N)c2)c1. The summed E-state index contributed by atoms with van der Waals surface area (Å²) in [7, 11) is 0. The molecule has 1 N–H and O–H groups in total. The van der Waals surface area contributed by atoms with Crippen LogP contribution in [0.25, 0.3) is 21.7 Å². The van der Waals surface area contributed by atoms with E-state index < -0.39 is 11.6 Å². The number of phenols is 1. The Morgan fingerprint density at radius 2 is 1.93 bits per heavy atom. The highest BCUT2D eigenvalue weighted by Crippen LogP contribution is 2.33. The Labute approximate surface area is 175 Å². The molecule has 0 aliphatic heterocycles. The van der Waals surface area contributed by atoms with E-state index in [2.05, 4.69) is 19.9 Å². The van der Waals surface area contributed by atoms with Crippen LogP contribution in [-0.4, -0.2) is 25.0 Å². The van der Waals surface area contributed by atoms with Gasteiger partial charge in [-0.15, -0.1) is 11.3 Å². The number of thiazole rings is 1. The summed E-state index contributed by atoms with van der Waals surface area (Å²) in [5.74, 6) is -1.53. The number of nitriles is 1. The minimum Gasteiger partial charge on any atom is -0.504 e. The van der Waals surface area contributed by atoms with Gasteiger partial charge in [-0.3, -0.25) is 4.98 Å². The van der Waals surface area contributed by atoms with Gasteiger partial charge in [-0.05, 0) is 42.8 Å². The summed E-state index contributed by atoms with van der Waals surface area (Å²) in [5, 5.41) is 19.5. The molecule has 3 aromatic heterocycles. The number of phenolic OH excluding ortho intramolecular Hbond substituents is 1. The van der Waals surface area contributed by atoms with Crippen molar-refractivity contribution in [3.8, 4) is 39.5 Å². The van der Waals surface area contributed by atoms with E-state index in [0.717, 1.165) is 27.2 Å². The molecule has 0 aliphatic rings. The molecule has 0 aliphatic carbocycles. The minimum atomic E-state index is -0.868. The van der Waals surface area contributed by atoms with Crippen molar-refractivity contribution in [1.82, 2.24) is 19.9 Å². The van der Waals surface area contributed by atoms with Gasteiger partial charge in [-0.2, -0.15) is 5.26 Å². The number of halogens is 1. The number of pyridine rings is 1. The molecule has 0 amide bonds. The monoisotopic (exact) mass is 419 g/mol. The first-order valence-corrected chi connectivity index (χ1v) is 9.62. The van der Waals surface area contributed by atoms with Crippen LogP contribution < -0.4 is 4.74 Å². The molecule has 0 saturated carbocycles. The summed E-state index contributed by atoms with van der Waals surface area (Å²) in [5.41, 5.74) is 2.40. The highest BCUT2D eigenvalue weighted by atomic mass is 32.1. The van der Waals surface area contributed by atoms with Crippen LogP contribution >= 0.6 is 11.3 Å². The van der Waals surface area contributed by atoms with E-state index in [-0.39, 0.29) is 18.2 Å². The first kappa shape index (κ1) is 19.4. The van der Waals surface area contributed by atoms with Crippen LogP contribution in [0.5, 0.6) is 11.8 Å². The lowest BCUT2D eigenvalue weighted by Crippen LogP contribution is -1.98. The zero-order chi connectivity index (χ0) is 21.1. The number of hydrogen-bond donors (Lipinski definition) is 1. The molecule has 0 radical (unpaired) electrons. The lowest BCUT2D eigenvalue weighted by atomic mass is 10.0. The third-order valence-electron chi connectivity index (χ3n) is 4.21. The molecule has 0 unspecified atom stereocenters. The van der Waals surface area contributed by atoms with Gasteiger partial charge >= 0.3 is 6.01 Å². The van der Waals surface area contributed by atoms with Gasteiger partial charge in [0, 0.05) is 24.2 Å². The van der Waals surface area contributed by atoms with Crippen molar-refractivity contribution >= 4 is 11.3 Å². The molecule has 148 valence electrons. The van der Waals surface area contributed by atoms with Crippen molar-refractivity contribution in [2.45, 2.75) is 13.5 Å². The summed E-state index contributed by atoms with van der Waals surface area (Å²) >= 11 is 1.46. The predicted molar refractivity (Wildman–Crippen MR) is 108 cm³/mol. The number of rotatable bonds is 5. The van der Waals surface area contributed by atoms with E-state index in [4.69, 9.17) is 10.00 Å². The fraction of sp³-hybridized carbons (Fsp3) is 0.0952. The third kappa shape index (κ3) is 3.94. The molecule has 7 nitrogen and oxygen atoms in total. The van der Waals surface area contributed by atoms with Crippen molar-refractivity contribution in [3.05, 3.63) is 71.0 Å². The number of hydrogen-bond acceptors (Lipinski definition) is 8. The first-order chi connectivity index (χ1) is 14.5. The average molecular weight is 419 g/mol. The average Bonchev–Trinajstić information content (AvgIpc) is 3.15. The van der Waals surface area contributed by atoms with Crippen molar-refractivity contribution in [2.24, 2.45) is 0 Å². The van der Waals surface area contributed by atoms with Gasteiger partial charge in [0.2, 0.25) is 0 Å². The van der Waals surface area contributed by atoms with E-state index in [1.54, 1.807) is 36.8 Å². The van der Waals surface area contributed by atoms with Crippen molar-refractivity contribution in [2.75, 3.05) is 0 Å². The second-order valence-corrected chi connectivity index (χ2v) is 7.32. The summed E-state index contributed by atoms with van der Waals surface area (Å²) in [6, 6.07) is 9.95. The Kier molecular flexibility index (Phi) is 5.32. The number of aromatic hydroxyl groups is 1. The molecule has 0 spiro atoms. The van der Waals surface area contributed by atoms with Crippen LogP contribution in [0.15, 0.2) is 48.9 Å². The lowest BCUT2D eigenvalue weighted by Gasteiger charge is -2.06. The molecule has 0 fully saturated rings. The van der Waals surface area contributed by atoms with Gasteiger partial charge in [0.1, 0.15) is 17.7 Å². The number of nitrogens with zero attached hydrogens (tertiary/aromatic N) is 5. The topological polar surface area (TPSA) is 105 Å². The summed E-state index contributed by atoms with van der Waals surface area (Å²) in [6.07, 6.45) is 4.81. The summed E-state index contributed by atoms with van der Waals surface area (Å²) in [4.78, 5) is 17.8. The summed E-state index contributed by atoms with van der Waals surface area (Å²) < 4.78 is 19.5. The van der Waals surface area contributed by atoms with E-state index >= 15 is 0 Å². The second kappa shape index (κ2) is 8.23. The van der Waals surface area contributed by atoms with Crippen LogP contribution in [0, 0.1) is 24.1 Å². The Balaban J connectivity index is 1.62. The molecule has 30 heavy (non-hydrogen) atoms. The van der Waals surface area contributed by atoms with Gasteiger partial charge in [0.15, 0.2) is 11.6 Å². The minimum absolute atomic E-state index is 0.145. The zero-order valence-electron chi connectivity index (χ0n) is 15.7. The van der Waals surface area contributed by atoms with Crippen LogP contribution in [0.4, 0.5) is 4.39 Å². The normalized spacial score (nSPS) is 10.6. The molecule has 4 aromatic rings. The molecule has 0 bridgehead atoms. The fourth-order valence-corrected chi connectivity index (χ4v) is 3.80. The maximum Gasteiger partial charge on any atom is 0.316 e. The standard InChI is InChI=1S/C21H14FN5O2S/c1-12-20(30-18(27-12)11-29-21-25-4-2-5-26-21)13-3-6-24-17(9-13)14-7-15(10-23)19(28)16(22)8-14/h2-9,28H,11H2,1H3. The number of aryl methyl sites for hydroxylation is 1. The van der Waals surface area contributed by atoms with Gasteiger partial charge in [0.05, 0.1) is 21.8 Å². The largest absolute Gasteiger partial charge is 0.504 e. The maximum absolute atomic E-state index is 14.0. The van der Waals surface area contributed by atoms with Gasteiger partial charge in [0.25, 0.3) is 0 Å². The number of ether oxygens (including phenoxy) is 1. The predicted octanol–water partition coefficient (Wildman–Crippen LogP) is 4.27. The fourth-order valence-electron chi connectivity index (χ4n) is 2.83. The van der Waals surface area contributed by atoms with Gasteiger partial charge < -0.3 is 9.84 Å². The highest BCUT2D eigenvalue weighted by Gasteiger charge is 2.15. The van der Waals surface area contributed by atoms with Crippen molar-refractivity contribution in [3.63, 3.8) is 0 Å². The number of benzene rings is 1. The Bertz CT molecular complexity index is 1250. The van der Waals surface area contributed by atoms with Crippen LogP contribution in [0.2, 0.25) is 0 Å². The quantitative estimate of drug-likeness (QED) is 0.515. The van der Waals surface area contributed by atoms with E-state index in [0.29, 0.717) is 11.3 Å². The molecular weight excluding hydrogens is 405 g/mol. The van der Waals surface area contributed by atoms with E-state index in [9.17, 15) is 9.50 Å². The molecule has 4 rings (SSSR count). The zero-order valence-corrected chi connectivity index (χ0v) is 16.5. The summed E-state index contributed by atoms with van der Waals surface area (Å²) in [6.45, 7) is 2.13. The van der Waals surface area contributed by atoms with E-state index in [1.807, 2.05) is 13.0 Å². The Morgan fingerprint density at radius 1 is 1.13 bits per heavy atom. The van der Waals surface area contributed by atoms with Crippen LogP contribution in [0.3, 0.4) is 0 Å². The van der Waals surface area contributed by atoms with Gasteiger partial charge in [-0.25, -0.2) is 19.3 Å². The molecule has 9 heteroatoms. The van der Waals surface area contributed by atoms with E-state index in [1.165, 1.54) is 17.4 Å². The Morgan fingerprint density at radius 3 is 2.70 bits per heavy atom. The second-order valence-electron chi connectivity index (χ2n) is 6.24. The maximum atomic E-state index is 14.0. The third-order valence-corrected chi connectivity index (χ3v) is 5.39. The van der Waals surface area contributed by atoms with Crippen molar-refractivity contribution in [1.29, 1.82) is 5.26 Å². The van der Waals surface area contributed by atoms with Crippen LogP contribution in [0.1, 0.15) is 16.3 Å². The molecule has 1 aromatic carbocycles. The smallest absolute Gasteiger partial charge is 0.316 e. The van der Waals surface area contributed by atoms with Crippen LogP contribution in [-0.2, 0) is 6.61 Å². The van der Waals surface area contributed by atoms with Gasteiger partial charge in [-0.1, -0.05) is 0 Å². The lowest BCUT2D eigenvalue weighted by molar-refractivity contribution is 0.280. The first-order valence-electron chi connectivity index (χ1n) is 8.80. The Hall–Kier alpha value is -3.90. The van der Waals surface area contributed by atoms with Crippen molar-refractivity contribution < 1.29 is 14.2 Å². The molecule has 0 saturated heterocycles. The highest BCUT2D eigenvalue weighted by molar-refractivity contribution is 7.15. The molecule has 3 heterocycles. The number of aromatic nitrogens is 4.